The Kier molecular flexibility index (Phi) is 7.16. The number of rotatable bonds is 8. The van der Waals surface area contributed by atoms with Gasteiger partial charge in [-0.1, -0.05) is 12.1 Å². The van der Waals surface area contributed by atoms with Gasteiger partial charge in [0.2, 0.25) is 0 Å². The number of hydrogen-bond donors (Lipinski definition) is 1. The number of hydrogen-bond acceptors (Lipinski definition) is 4. The Hall–Kier alpha value is -0.710. The number of benzene rings is 1. The zero-order valence-electron chi connectivity index (χ0n) is 11.6. The van der Waals surface area contributed by atoms with Crippen LogP contribution in [0.25, 0.3) is 0 Å². The molecule has 1 aromatic carbocycles. The zero-order chi connectivity index (χ0) is 13.4. The summed E-state index contributed by atoms with van der Waals surface area (Å²) in [6.07, 6.45) is 2.14. The van der Waals surface area contributed by atoms with Gasteiger partial charge in [0.25, 0.3) is 0 Å². The summed E-state index contributed by atoms with van der Waals surface area (Å²) in [7, 11) is 2.14. The molecule has 0 saturated carbocycles. The van der Waals surface area contributed by atoms with E-state index in [1.165, 1.54) is 0 Å². The Bertz CT molecular complexity index is 346. The van der Waals surface area contributed by atoms with Crippen LogP contribution in [0, 0.1) is 0 Å². The van der Waals surface area contributed by atoms with E-state index in [0.717, 1.165) is 23.6 Å². The third kappa shape index (κ3) is 5.29. The summed E-state index contributed by atoms with van der Waals surface area (Å²) in [5, 5.41) is 0. The highest BCUT2D eigenvalue weighted by atomic mass is 32.2. The minimum absolute atomic E-state index is 0.557. The molecule has 4 heteroatoms. The summed E-state index contributed by atoms with van der Waals surface area (Å²) in [5.74, 6) is 2.06. The molecule has 0 radical (unpaired) electrons. The molecular formula is C14H24N2OS. The van der Waals surface area contributed by atoms with Gasteiger partial charge in [0, 0.05) is 24.9 Å². The fourth-order valence-electron chi connectivity index (χ4n) is 1.66. The van der Waals surface area contributed by atoms with E-state index in [1.54, 1.807) is 0 Å². The standard InChI is InChI=1S/C14H24N2OS/c1-12(11-18-3)16(2)7-8-17-14-6-4-5-13(9-14)10-15/h4-6,9,12H,7-8,10-11,15H2,1-3H3. The van der Waals surface area contributed by atoms with Crippen molar-refractivity contribution in [3.63, 3.8) is 0 Å². The molecule has 1 aromatic rings. The third-order valence-electron chi connectivity index (χ3n) is 3.01. The average Bonchev–Trinajstić information content (AvgIpc) is 2.39. The number of likely N-dealkylation sites (N-methyl/N-ethyl adjacent to an activating group) is 1. The number of thioether (sulfide) groups is 1. The van der Waals surface area contributed by atoms with E-state index in [1.807, 2.05) is 36.0 Å². The van der Waals surface area contributed by atoms with Gasteiger partial charge < -0.3 is 10.5 Å². The first-order chi connectivity index (χ1) is 8.67. The van der Waals surface area contributed by atoms with Crippen LogP contribution in [0.3, 0.4) is 0 Å². The molecule has 0 aliphatic heterocycles. The summed E-state index contributed by atoms with van der Waals surface area (Å²) in [6.45, 7) is 4.45. The van der Waals surface area contributed by atoms with E-state index in [9.17, 15) is 0 Å². The van der Waals surface area contributed by atoms with Crippen LogP contribution >= 0.6 is 11.8 Å². The van der Waals surface area contributed by atoms with Crippen molar-refractivity contribution < 1.29 is 4.74 Å². The molecular weight excluding hydrogens is 244 g/mol. The third-order valence-corrected chi connectivity index (χ3v) is 3.82. The lowest BCUT2D eigenvalue weighted by atomic mass is 10.2. The number of nitrogens with two attached hydrogens (primary N) is 1. The van der Waals surface area contributed by atoms with Crippen molar-refractivity contribution in [2.75, 3.05) is 32.2 Å². The van der Waals surface area contributed by atoms with Gasteiger partial charge in [0.05, 0.1) is 0 Å². The Balaban J connectivity index is 2.32. The largest absolute Gasteiger partial charge is 0.492 e. The van der Waals surface area contributed by atoms with E-state index < -0.39 is 0 Å². The highest BCUT2D eigenvalue weighted by Gasteiger charge is 2.07. The lowest BCUT2D eigenvalue weighted by molar-refractivity contribution is 0.210. The molecule has 0 aromatic heterocycles. The molecule has 2 N–H and O–H groups in total. The minimum Gasteiger partial charge on any atom is -0.492 e. The maximum Gasteiger partial charge on any atom is 0.119 e. The highest BCUT2D eigenvalue weighted by molar-refractivity contribution is 7.98. The van der Waals surface area contributed by atoms with Crippen LogP contribution in [0.5, 0.6) is 5.75 Å². The molecule has 18 heavy (non-hydrogen) atoms. The maximum absolute atomic E-state index is 5.74. The normalized spacial score (nSPS) is 12.7. The summed E-state index contributed by atoms with van der Waals surface area (Å²) < 4.78 is 5.74. The molecule has 1 atom stereocenters. The molecule has 0 bridgehead atoms. The molecule has 0 fully saturated rings. The predicted molar refractivity (Wildman–Crippen MR) is 80.3 cm³/mol. The molecule has 1 rings (SSSR count). The summed E-state index contributed by atoms with van der Waals surface area (Å²) in [4.78, 5) is 2.32. The second-order valence-electron chi connectivity index (χ2n) is 4.48. The average molecular weight is 268 g/mol. The van der Waals surface area contributed by atoms with Gasteiger partial charge in [-0.2, -0.15) is 11.8 Å². The number of nitrogens with zero attached hydrogens (tertiary/aromatic N) is 1. The first-order valence-electron chi connectivity index (χ1n) is 6.28. The van der Waals surface area contributed by atoms with Gasteiger partial charge in [0.15, 0.2) is 0 Å². The van der Waals surface area contributed by atoms with E-state index in [0.29, 0.717) is 19.2 Å². The van der Waals surface area contributed by atoms with Gasteiger partial charge in [0.1, 0.15) is 12.4 Å². The topological polar surface area (TPSA) is 38.5 Å². The quantitative estimate of drug-likeness (QED) is 0.784. The molecule has 0 heterocycles. The second-order valence-corrected chi connectivity index (χ2v) is 5.40. The SMILES string of the molecule is CSCC(C)N(C)CCOc1cccc(CN)c1. The molecule has 3 nitrogen and oxygen atoms in total. The van der Waals surface area contributed by atoms with Crippen LogP contribution in [0.15, 0.2) is 24.3 Å². The molecule has 0 amide bonds. The van der Waals surface area contributed by atoms with Gasteiger partial charge in [-0.25, -0.2) is 0 Å². The summed E-state index contributed by atoms with van der Waals surface area (Å²) in [6, 6.07) is 8.56. The predicted octanol–water partition coefficient (Wildman–Crippen LogP) is 2.21. The molecule has 0 saturated heterocycles. The summed E-state index contributed by atoms with van der Waals surface area (Å²) >= 11 is 1.88. The van der Waals surface area contributed by atoms with Crippen molar-refractivity contribution in [2.24, 2.45) is 5.73 Å². The van der Waals surface area contributed by atoms with Crippen LogP contribution in [-0.2, 0) is 6.54 Å². The first-order valence-corrected chi connectivity index (χ1v) is 7.67. The van der Waals surface area contributed by atoms with Crippen LogP contribution < -0.4 is 10.5 Å². The van der Waals surface area contributed by atoms with E-state index in [4.69, 9.17) is 10.5 Å². The minimum atomic E-state index is 0.557. The molecule has 102 valence electrons. The van der Waals surface area contributed by atoms with Crippen molar-refractivity contribution in [3.8, 4) is 5.75 Å². The molecule has 0 aliphatic carbocycles. The smallest absolute Gasteiger partial charge is 0.119 e. The molecule has 0 aliphatic rings. The van der Waals surface area contributed by atoms with Crippen molar-refractivity contribution in [1.29, 1.82) is 0 Å². The fourth-order valence-corrected chi connectivity index (χ4v) is 2.40. The van der Waals surface area contributed by atoms with E-state index in [-0.39, 0.29) is 0 Å². The van der Waals surface area contributed by atoms with Crippen molar-refractivity contribution in [1.82, 2.24) is 4.90 Å². The maximum atomic E-state index is 5.74. The van der Waals surface area contributed by atoms with Gasteiger partial charge in [-0.3, -0.25) is 4.90 Å². The van der Waals surface area contributed by atoms with Gasteiger partial charge >= 0.3 is 0 Å². The fraction of sp³-hybridized carbons (Fsp3) is 0.571. The lowest BCUT2D eigenvalue weighted by Crippen LogP contribution is -2.34. The van der Waals surface area contributed by atoms with E-state index >= 15 is 0 Å². The highest BCUT2D eigenvalue weighted by Crippen LogP contribution is 2.13. The Labute approximate surface area is 115 Å². The summed E-state index contributed by atoms with van der Waals surface area (Å²) in [5.41, 5.74) is 6.71. The van der Waals surface area contributed by atoms with Crippen LogP contribution in [0.4, 0.5) is 0 Å². The van der Waals surface area contributed by atoms with Gasteiger partial charge in [-0.05, 0) is 37.9 Å². The second kappa shape index (κ2) is 8.40. The zero-order valence-corrected chi connectivity index (χ0v) is 12.4. The van der Waals surface area contributed by atoms with Crippen LogP contribution in [0.1, 0.15) is 12.5 Å². The van der Waals surface area contributed by atoms with Crippen molar-refractivity contribution in [2.45, 2.75) is 19.5 Å². The van der Waals surface area contributed by atoms with Crippen LogP contribution in [-0.4, -0.2) is 43.1 Å². The lowest BCUT2D eigenvalue weighted by Gasteiger charge is -2.23. The van der Waals surface area contributed by atoms with Crippen LogP contribution in [0.2, 0.25) is 0 Å². The van der Waals surface area contributed by atoms with Gasteiger partial charge in [-0.15, -0.1) is 0 Å². The van der Waals surface area contributed by atoms with E-state index in [2.05, 4.69) is 25.1 Å². The van der Waals surface area contributed by atoms with Crippen molar-refractivity contribution >= 4 is 11.8 Å². The Morgan fingerprint density at radius 3 is 2.89 bits per heavy atom. The number of ether oxygens (including phenoxy) is 1. The Morgan fingerprint density at radius 1 is 1.44 bits per heavy atom. The Morgan fingerprint density at radius 2 is 2.22 bits per heavy atom. The molecule has 0 spiro atoms. The van der Waals surface area contributed by atoms with Crippen molar-refractivity contribution in [3.05, 3.63) is 29.8 Å². The monoisotopic (exact) mass is 268 g/mol. The first kappa shape index (κ1) is 15.3. The molecule has 1 unspecified atom stereocenters.